The smallest absolute Gasteiger partial charge is 0.225 e. The number of hydrogen-bond donors (Lipinski definition) is 1. The second-order valence-corrected chi connectivity index (χ2v) is 8.45. The van der Waals surface area contributed by atoms with Crippen LogP contribution in [0.15, 0.2) is 58.0 Å². The van der Waals surface area contributed by atoms with Gasteiger partial charge in [0.15, 0.2) is 9.84 Å². The molecule has 1 heterocycles. The second kappa shape index (κ2) is 6.58. The molecule has 0 fully saturated rings. The van der Waals surface area contributed by atoms with Gasteiger partial charge in [0, 0.05) is 12.0 Å². The molecule has 0 aliphatic rings. The molecule has 23 heavy (non-hydrogen) atoms. The summed E-state index contributed by atoms with van der Waals surface area (Å²) in [5.41, 5.74) is -0.593. The Balaban J connectivity index is 2.31. The van der Waals surface area contributed by atoms with Crippen LogP contribution in [0.2, 0.25) is 0 Å². The Bertz CT molecular complexity index is 744. The normalized spacial score (nSPS) is 13.5. The molecule has 0 saturated carbocycles. The maximum Gasteiger partial charge on any atom is 0.225 e. The molecule has 0 aliphatic carbocycles. The van der Waals surface area contributed by atoms with Crippen LogP contribution < -0.4 is 5.32 Å². The number of rotatable bonds is 5. The number of hydrogen-bond acceptors (Lipinski definition) is 4. The molecule has 2 aromatic rings. The van der Waals surface area contributed by atoms with Crippen molar-refractivity contribution in [2.45, 2.75) is 30.9 Å². The molecule has 124 valence electrons. The Labute approximate surface area is 136 Å². The summed E-state index contributed by atoms with van der Waals surface area (Å²) in [7, 11) is -3.67. The molecule has 0 saturated heterocycles. The lowest BCUT2D eigenvalue weighted by atomic mass is 9.96. The van der Waals surface area contributed by atoms with E-state index in [4.69, 9.17) is 4.42 Å². The first-order valence-corrected chi connectivity index (χ1v) is 8.88. The Morgan fingerprint density at radius 3 is 2.30 bits per heavy atom. The molecule has 1 aromatic carbocycles. The molecule has 0 radical (unpaired) electrons. The van der Waals surface area contributed by atoms with Gasteiger partial charge in [-0.25, -0.2) is 8.42 Å². The summed E-state index contributed by atoms with van der Waals surface area (Å²) in [6.07, 6.45) is 1.43. The summed E-state index contributed by atoms with van der Waals surface area (Å²) >= 11 is 0. The van der Waals surface area contributed by atoms with E-state index in [2.05, 4.69) is 5.32 Å². The van der Waals surface area contributed by atoms with E-state index in [1.807, 2.05) is 0 Å². The molecule has 5 nitrogen and oxygen atoms in total. The van der Waals surface area contributed by atoms with Crippen LogP contribution in [-0.2, 0) is 14.6 Å². The molecular weight excluding hydrogens is 314 g/mol. The van der Waals surface area contributed by atoms with Crippen molar-refractivity contribution in [3.05, 3.63) is 54.5 Å². The Morgan fingerprint density at radius 2 is 1.78 bits per heavy atom. The van der Waals surface area contributed by atoms with Gasteiger partial charge in [-0.2, -0.15) is 0 Å². The number of nitrogens with one attached hydrogen (secondary N) is 1. The summed E-state index contributed by atoms with van der Waals surface area (Å²) in [5, 5.41) is 1.74. The van der Waals surface area contributed by atoms with E-state index in [0.29, 0.717) is 5.76 Å². The van der Waals surface area contributed by atoms with Crippen LogP contribution in [0.5, 0.6) is 0 Å². The second-order valence-electron chi connectivity index (χ2n) is 6.32. The summed E-state index contributed by atoms with van der Waals surface area (Å²) in [5.74, 6) is 0.0976. The van der Waals surface area contributed by atoms with Crippen molar-refractivity contribution < 1.29 is 17.6 Å². The zero-order valence-corrected chi connectivity index (χ0v) is 14.3. The highest BCUT2D eigenvalue weighted by Gasteiger charge is 2.33. The highest BCUT2D eigenvalue weighted by molar-refractivity contribution is 7.91. The quantitative estimate of drug-likeness (QED) is 0.911. The summed E-state index contributed by atoms with van der Waals surface area (Å²) in [6.45, 7) is 5.28. The van der Waals surface area contributed by atoms with Gasteiger partial charge in [-0.3, -0.25) is 4.79 Å². The van der Waals surface area contributed by atoms with Crippen LogP contribution in [-0.4, -0.2) is 20.9 Å². The minimum absolute atomic E-state index is 0.0408. The van der Waals surface area contributed by atoms with E-state index >= 15 is 0 Å². The van der Waals surface area contributed by atoms with Gasteiger partial charge in [-0.1, -0.05) is 39.0 Å². The SMILES string of the molecule is CC(C)(C)C(=O)NC[C@@H](c1ccco1)S(=O)(=O)c1ccccc1. The molecule has 2 rings (SSSR count). The van der Waals surface area contributed by atoms with Gasteiger partial charge in [-0.05, 0) is 24.3 Å². The van der Waals surface area contributed by atoms with Crippen molar-refractivity contribution in [2.24, 2.45) is 5.41 Å². The van der Waals surface area contributed by atoms with Crippen molar-refractivity contribution in [2.75, 3.05) is 6.54 Å². The fraction of sp³-hybridized carbons (Fsp3) is 0.353. The number of sulfone groups is 1. The van der Waals surface area contributed by atoms with Crippen molar-refractivity contribution in [3.8, 4) is 0 Å². The van der Waals surface area contributed by atoms with Gasteiger partial charge >= 0.3 is 0 Å². The van der Waals surface area contributed by atoms with Crippen LogP contribution in [0, 0.1) is 5.41 Å². The minimum Gasteiger partial charge on any atom is -0.468 e. The molecule has 1 amide bonds. The highest BCUT2D eigenvalue weighted by Crippen LogP contribution is 2.29. The van der Waals surface area contributed by atoms with E-state index < -0.39 is 20.5 Å². The van der Waals surface area contributed by atoms with Crippen LogP contribution >= 0.6 is 0 Å². The van der Waals surface area contributed by atoms with Gasteiger partial charge in [-0.15, -0.1) is 0 Å². The van der Waals surface area contributed by atoms with Gasteiger partial charge in [0.2, 0.25) is 5.91 Å². The van der Waals surface area contributed by atoms with Gasteiger partial charge in [0.25, 0.3) is 0 Å². The number of carbonyl (C=O) groups excluding carboxylic acids is 1. The predicted octanol–water partition coefficient (Wildman–Crippen LogP) is 2.96. The number of furan rings is 1. The maximum atomic E-state index is 12.9. The summed E-state index contributed by atoms with van der Waals surface area (Å²) in [4.78, 5) is 12.3. The molecule has 1 atom stereocenters. The number of amides is 1. The lowest BCUT2D eigenvalue weighted by Crippen LogP contribution is -2.38. The van der Waals surface area contributed by atoms with Gasteiger partial charge in [0.1, 0.15) is 11.0 Å². The monoisotopic (exact) mass is 335 g/mol. The number of benzene rings is 1. The zero-order chi connectivity index (χ0) is 17.1. The third kappa shape index (κ3) is 4.01. The van der Waals surface area contributed by atoms with E-state index in [9.17, 15) is 13.2 Å². The van der Waals surface area contributed by atoms with Crippen LogP contribution in [0.1, 0.15) is 31.8 Å². The van der Waals surface area contributed by atoms with Gasteiger partial charge in [0.05, 0.1) is 11.2 Å². The zero-order valence-electron chi connectivity index (χ0n) is 13.4. The topological polar surface area (TPSA) is 76.4 Å². The molecule has 1 N–H and O–H groups in total. The standard InChI is InChI=1S/C17H21NO4S/c1-17(2,3)16(19)18-12-15(14-10-7-11-22-14)23(20,21)13-8-5-4-6-9-13/h4-11,15H,12H2,1-3H3,(H,18,19)/t15-/m0/s1. The van der Waals surface area contributed by atoms with E-state index in [-0.39, 0.29) is 17.3 Å². The third-order valence-corrected chi connectivity index (χ3v) is 5.51. The third-order valence-electron chi connectivity index (χ3n) is 3.44. The van der Waals surface area contributed by atoms with Crippen LogP contribution in [0.3, 0.4) is 0 Å². The van der Waals surface area contributed by atoms with Crippen LogP contribution in [0.25, 0.3) is 0 Å². The van der Waals surface area contributed by atoms with E-state index in [0.717, 1.165) is 0 Å². The summed E-state index contributed by atoms with van der Waals surface area (Å²) < 4.78 is 31.1. The molecule has 6 heteroatoms. The Morgan fingerprint density at radius 1 is 1.13 bits per heavy atom. The maximum absolute atomic E-state index is 12.9. The first-order chi connectivity index (χ1) is 10.7. The Kier molecular flexibility index (Phi) is 4.94. The molecule has 0 spiro atoms. The molecule has 0 unspecified atom stereocenters. The minimum atomic E-state index is -3.67. The predicted molar refractivity (Wildman–Crippen MR) is 87.5 cm³/mol. The first-order valence-electron chi connectivity index (χ1n) is 7.33. The molecule has 1 aromatic heterocycles. The van der Waals surface area contributed by atoms with Crippen molar-refractivity contribution in [3.63, 3.8) is 0 Å². The van der Waals surface area contributed by atoms with Crippen molar-refractivity contribution in [1.82, 2.24) is 5.32 Å². The molecule has 0 bridgehead atoms. The van der Waals surface area contributed by atoms with Gasteiger partial charge < -0.3 is 9.73 Å². The van der Waals surface area contributed by atoms with E-state index in [1.54, 1.807) is 51.1 Å². The van der Waals surface area contributed by atoms with Crippen LogP contribution in [0.4, 0.5) is 0 Å². The fourth-order valence-corrected chi connectivity index (χ4v) is 3.67. The summed E-state index contributed by atoms with van der Waals surface area (Å²) in [6, 6.07) is 11.4. The highest BCUT2D eigenvalue weighted by atomic mass is 32.2. The average Bonchev–Trinajstić information content (AvgIpc) is 3.01. The lowest BCUT2D eigenvalue weighted by molar-refractivity contribution is -0.128. The Hall–Kier alpha value is -2.08. The average molecular weight is 335 g/mol. The molecular formula is C17H21NO4S. The largest absolute Gasteiger partial charge is 0.468 e. The van der Waals surface area contributed by atoms with Crippen molar-refractivity contribution >= 4 is 15.7 Å². The number of carbonyl (C=O) groups is 1. The van der Waals surface area contributed by atoms with E-state index in [1.165, 1.54) is 18.4 Å². The lowest BCUT2D eigenvalue weighted by Gasteiger charge is -2.21. The first kappa shape index (κ1) is 17.3. The van der Waals surface area contributed by atoms with Crippen molar-refractivity contribution in [1.29, 1.82) is 0 Å². The molecule has 0 aliphatic heterocycles. The fourth-order valence-electron chi connectivity index (χ4n) is 2.06.